The molecule has 0 aliphatic heterocycles. The van der Waals surface area contributed by atoms with Crippen LogP contribution in [0.1, 0.15) is 25.0 Å². The van der Waals surface area contributed by atoms with E-state index in [0.29, 0.717) is 17.1 Å². The number of sulfonamides is 1. The van der Waals surface area contributed by atoms with Crippen molar-refractivity contribution in [1.29, 1.82) is 0 Å². The molecule has 0 aromatic heterocycles. The van der Waals surface area contributed by atoms with Gasteiger partial charge in [0.2, 0.25) is 10.0 Å². The molecule has 0 aliphatic rings. The minimum absolute atomic E-state index is 0.137. The van der Waals surface area contributed by atoms with Gasteiger partial charge in [0, 0.05) is 12.6 Å². The molecular weight excluding hydrogens is 380 g/mol. The van der Waals surface area contributed by atoms with E-state index < -0.39 is 10.0 Å². The van der Waals surface area contributed by atoms with Gasteiger partial charge in [-0.05, 0) is 49.2 Å². The van der Waals surface area contributed by atoms with Gasteiger partial charge in [0.15, 0.2) is 6.61 Å². The number of nitrogens with one attached hydrogen (secondary N) is 2. The first-order chi connectivity index (χ1) is 13.3. The van der Waals surface area contributed by atoms with Gasteiger partial charge in [0.1, 0.15) is 11.5 Å². The third-order valence-corrected chi connectivity index (χ3v) is 5.31. The smallest absolute Gasteiger partial charge is 0.258 e. The van der Waals surface area contributed by atoms with Crippen molar-refractivity contribution in [1.82, 2.24) is 10.0 Å². The Bertz CT molecular complexity index is 880. The Morgan fingerprint density at radius 3 is 2.21 bits per heavy atom. The highest BCUT2D eigenvalue weighted by Crippen LogP contribution is 2.17. The van der Waals surface area contributed by atoms with Crippen LogP contribution in [0.25, 0.3) is 0 Å². The van der Waals surface area contributed by atoms with Gasteiger partial charge in [-0.1, -0.05) is 24.3 Å². The average Bonchev–Trinajstić information content (AvgIpc) is 2.64. The monoisotopic (exact) mass is 406 g/mol. The summed E-state index contributed by atoms with van der Waals surface area (Å²) in [6.07, 6.45) is 0. The number of amides is 1. The number of hydrogen-bond donors (Lipinski definition) is 2. The number of rotatable bonds is 10. The predicted molar refractivity (Wildman–Crippen MR) is 108 cm³/mol. The summed E-state index contributed by atoms with van der Waals surface area (Å²) in [5.41, 5.74) is 1.39. The molecule has 1 amide bonds. The fourth-order valence-corrected chi connectivity index (χ4v) is 4.03. The lowest BCUT2D eigenvalue weighted by molar-refractivity contribution is -0.123. The fourth-order valence-electron chi connectivity index (χ4n) is 2.54. The molecule has 0 atom stereocenters. The predicted octanol–water partition coefficient (Wildman–Crippen LogP) is 2.22. The molecule has 0 aliphatic carbocycles. The van der Waals surface area contributed by atoms with Crippen LogP contribution in [0, 0.1) is 0 Å². The molecule has 2 rings (SSSR count). The minimum atomic E-state index is -3.44. The van der Waals surface area contributed by atoms with E-state index in [2.05, 4.69) is 10.0 Å². The zero-order valence-corrected chi connectivity index (χ0v) is 17.1. The summed E-state index contributed by atoms with van der Waals surface area (Å²) in [5.74, 6) is 0.825. The number of carbonyl (C=O) groups is 1. The Morgan fingerprint density at radius 1 is 1.00 bits per heavy atom. The number of ether oxygens (including phenoxy) is 2. The largest absolute Gasteiger partial charge is 0.497 e. The molecule has 2 aromatic carbocycles. The first-order valence-electron chi connectivity index (χ1n) is 8.89. The average molecular weight is 407 g/mol. The molecule has 0 radical (unpaired) electrons. The van der Waals surface area contributed by atoms with Crippen molar-refractivity contribution >= 4 is 15.9 Å². The maximum absolute atomic E-state index is 12.2. The molecule has 0 bridgehead atoms. The van der Waals surface area contributed by atoms with E-state index in [-0.39, 0.29) is 30.9 Å². The van der Waals surface area contributed by atoms with Crippen LogP contribution in [0.3, 0.4) is 0 Å². The van der Waals surface area contributed by atoms with E-state index in [9.17, 15) is 13.2 Å². The van der Waals surface area contributed by atoms with Gasteiger partial charge in [-0.25, -0.2) is 13.1 Å². The highest BCUT2D eigenvalue weighted by atomic mass is 32.2. The third-order valence-electron chi connectivity index (χ3n) is 3.78. The van der Waals surface area contributed by atoms with Gasteiger partial charge in [-0.3, -0.25) is 4.79 Å². The second kappa shape index (κ2) is 10.1. The lowest BCUT2D eigenvalue weighted by atomic mass is 10.1. The lowest BCUT2D eigenvalue weighted by Crippen LogP contribution is -2.32. The van der Waals surface area contributed by atoms with Gasteiger partial charge >= 0.3 is 0 Å². The van der Waals surface area contributed by atoms with Crippen molar-refractivity contribution in [2.75, 3.05) is 13.7 Å². The van der Waals surface area contributed by atoms with Gasteiger partial charge in [-0.15, -0.1) is 0 Å². The number of carbonyl (C=O) groups excluding carboxylic acids is 1. The summed E-state index contributed by atoms with van der Waals surface area (Å²) < 4.78 is 37.4. The molecule has 8 heteroatoms. The number of methoxy groups -OCH3 is 1. The number of hydrogen-bond acceptors (Lipinski definition) is 5. The van der Waals surface area contributed by atoms with Crippen molar-refractivity contribution < 1.29 is 22.7 Å². The summed E-state index contributed by atoms with van der Waals surface area (Å²) in [5, 5.41) is 2.75. The van der Waals surface area contributed by atoms with Crippen molar-refractivity contribution in [3.05, 3.63) is 59.7 Å². The van der Waals surface area contributed by atoms with E-state index in [0.717, 1.165) is 5.56 Å². The molecule has 0 saturated carbocycles. The molecule has 0 heterocycles. The maximum atomic E-state index is 12.2. The quantitative estimate of drug-likeness (QED) is 0.631. The van der Waals surface area contributed by atoms with Crippen LogP contribution in [0.5, 0.6) is 11.5 Å². The van der Waals surface area contributed by atoms with E-state index in [1.807, 2.05) is 0 Å². The van der Waals surface area contributed by atoms with Crippen molar-refractivity contribution in [2.45, 2.75) is 32.2 Å². The van der Waals surface area contributed by atoms with Gasteiger partial charge < -0.3 is 14.8 Å². The molecule has 7 nitrogen and oxygen atoms in total. The summed E-state index contributed by atoms with van der Waals surface area (Å²) in [6.45, 7) is 3.62. The van der Waals surface area contributed by atoms with Gasteiger partial charge in [-0.2, -0.15) is 0 Å². The molecule has 0 saturated heterocycles. The molecule has 0 spiro atoms. The van der Waals surface area contributed by atoms with Crippen molar-refractivity contribution in [3.8, 4) is 11.5 Å². The summed E-state index contributed by atoms with van der Waals surface area (Å²) >= 11 is 0. The SMILES string of the molecule is COc1ccc(OCC(=O)NCc2ccccc2CS(=O)(=O)NC(C)C)cc1. The Labute approximate surface area is 166 Å². The molecule has 28 heavy (non-hydrogen) atoms. The zero-order chi connectivity index (χ0) is 20.6. The summed E-state index contributed by atoms with van der Waals surface area (Å²) in [7, 11) is -1.87. The first-order valence-corrected chi connectivity index (χ1v) is 10.5. The van der Waals surface area contributed by atoms with Gasteiger partial charge in [0.05, 0.1) is 12.9 Å². The van der Waals surface area contributed by atoms with E-state index in [1.54, 1.807) is 69.5 Å². The number of benzene rings is 2. The Kier molecular flexibility index (Phi) is 7.83. The van der Waals surface area contributed by atoms with Crippen LogP contribution < -0.4 is 19.5 Å². The van der Waals surface area contributed by atoms with E-state index >= 15 is 0 Å². The second-order valence-corrected chi connectivity index (χ2v) is 8.30. The van der Waals surface area contributed by atoms with Crippen LogP contribution in [0.2, 0.25) is 0 Å². The third kappa shape index (κ3) is 7.21. The van der Waals surface area contributed by atoms with Crippen LogP contribution >= 0.6 is 0 Å². The molecule has 0 fully saturated rings. The normalized spacial score (nSPS) is 11.3. The van der Waals surface area contributed by atoms with Crippen LogP contribution in [-0.4, -0.2) is 34.1 Å². The fraction of sp³-hybridized carbons (Fsp3) is 0.350. The highest BCUT2D eigenvalue weighted by Gasteiger charge is 2.15. The van der Waals surface area contributed by atoms with Crippen molar-refractivity contribution in [3.63, 3.8) is 0 Å². The summed E-state index contributed by atoms with van der Waals surface area (Å²) in [4.78, 5) is 12.1. The highest BCUT2D eigenvalue weighted by molar-refractivity contribution is 7.88. The van der Waals surface area contributed by atoms with E-state index in [4.69, 9.17) is 9.47 Å². The molecule has 2 aromatic rings. The van der Waals surface area contributed by atoms with Crippen LogP contribution in [0.15, 0.2) is 48.5 Å². The van der Waals surface area contributed by atoms with Crippen LogP contribution in [-0.2, 0) is 27.1 Å². The molecule has 2 N–H and O–H groups in total. The van der Waals surface area contributed by atoms with Crippen LogP contribution in [0.4, 0.5) is 0 Å². The van der Waals surface area contributed by atoms with Crippen molar-refractivity contribution in [2.24, 2.45) is 0 Å². The zero-order valence-electron chi connectivity index (χ0n) is 16.3. The maximum Gasteiger partial charge on any atom is 0.258 e. The second-order valence-electron chi connectivity index (χ2n) is 6.54. The minimum Gasteiger partial charge on any atom is -0.497 e. The Hall–Kier alpha value is -2.58. The first kappa shape index (κ1) is 21.7. The summed E-state index contributed by atoms with van der Waals surface area (Å²) in [6, 6.07) is 13.9. The lowest BCUT2D eigenvalue weighted by Gasteiger charge is -2.13. The van der Waals surface area contributed by atoms with Gasteiger partial charge in [0.25, 0.3) is 5.91 Å². The van der Waals surface area contributed by atoms with E-state index in [1.165, 1.54) is 0 Å². The molecule has 152 valence electrons. The Balaban J connectivity index is 1.90. The standard InChI is InChI=1S/C20H26N2O5S/c1-15(2)22-28(24,25)14-17-7-5-4-6-16(17)12-21-20(23)13-27-19-10-8-18(26-3)9-11-19/h4-11,15,22H,12-14H2,1-3H3,(H,21,23). The topological polar surface area (TPSA) is 93.7 Å². The molecule has 0 unspecified atom stereocenters. The Morgan fingerprint density at radius 2 is 1.61 bits per heavy atom. The molecular formula is C20H26N2O5S.